The zero-order valence-corrected chi connectivity index (χ0v) is 15.4. The van der Waals surface area contributed by atoms with Gasteiger partial charge in [0.05, 0.1) is 52.9 Å². The molecule has 0 saturated heterocycles. The highest BCUT2D eigenvalue weighted by molar-refractivity contribution is 5.75. The third-order valence-electron chi connectivity index (χ3n) is 3.18. The molecule has 0 aromatic carbocycles. The summed E-state index contributed by atoms with van der Waals surface area (Å²) in [6, 6.07) is 0. The zero-order valence-electron chi connectivity index (χ0n) is 15.4. The molecule has 0 fully saturated rings. The van der Waals surface area contributed by atoms with Crippen LogP contribution in [-0.4, -0.2) is 89.5 Å². The van der Waals surface area contributed by atoms with E-state index in [1.165, 1.54) is 0 Å². The fourth-order valence-corrected chi connectivity index (χ4v) is 1.66. The van der Waals surface area contributed by atoms with Gasteiger partial charge in [-0.25, -0.2) is 0 Å². The number of Topliss-reactive ketones (excluding diaryl/α,β-unsaturated/α-hetero) is 2. The fraction of sp³-hybridized carbons (Fsp3) is 0.882. The van der Waals surface area contributed by atoms with Gasteiger partial charge >= 0.3 is 0 Å². The minimum Gasteiger partial charge on any atom is -0.379 e. The van der Waals surface area contributed by atoms with Gasteiger partial charge in [0, 0.05) is 25.9 Å². The lowest BCUT2D eigenvalue weighted by atomic mass is 10.3. The van der Waals surface area contributed by atoms with E-state index in [-0.39, 0.29) is 11.6 Å². The van der Waals surface area contributed by atoms with Gasteiger partial charge in [-0.2, -0.15) is 0 Å². The molecule has 0 N–H and O–H groups in total. The second-order valence-electron chi connectivity index (χ2n) is 5.66. The van der Waals surface area contributed by atoms with Gasteiger partial charge in [0.1, 0.15) is 11.6 Å². The van der Waals surface area contributed by atoms with Gasteiger partial charge in [-0.05, 0) is 20.9 Å². The predicted molar refractivity (Wildman–Crippen MR) is 91.4 cm³/mol. The van der Waals surface area contributed by atoms with Gasteiger partial charge in [0.25, 0.3) is 0 Å². The highest BCUT2D eigenvalue weighted by Gasteiger charge is 2.00. The number of hydrogen-bond acceptors (Lipinski definition) is 7. The largest absolute Gasteiger partial charge is 0.379 e. The van der Waals surface area contributed by atoms with Crippen molar-refractivity contribution in [3.8, 4) is 0 Å². The molecular weight excluding hydrogens is 314 g/mol. The number of ketones is 2. The fourth-order valence-electron chi connectivity index (χ4n) is 1.66. The van der Waals surface area contributed by atoms with Crippen molar-refractivity contribution in [3.05, 3.63) is 0 Å². The van der Waals surface area contributed by atoms with Crippen LogP contribution in [-0.2, 0) is 28.5 Å². The van der Waals surface area contributed by atoms with Crippen LogP contribution >= 0.6 is 0 Å². The standard InChI is InChI=1S/C17H33NO6/c1-16(19)4-6-18(3)7-9-22-11-13-24-15-14-23-12-10-21-8-5-17(2)20/h4-15H2,1-3H3. The molecule has 7 heteroatoms. The van der Waals surface area contributed by atoms with Crippen molar-refractivity contribution in [1.29, 1.82) is 0 Å². The Morgan fingerprint density at radius 3 is 1.50 bits per heavy atom. The Balaban J connectivity index is 3.12. The van der Waals surface area contributed by atoms with Crippen LogP contribution in [0, 0.1) is 0 Å². The first-order valence-electron chi connectivity index (χ1n) is 8.50. The Hall–Kier alpha value is -0.860. The summed E-state index contributed by atoms with van der Waals surface area (Å²) in [4.78, 5) is 23.6. The number of hydrogen-bond donors (Lipinski definition) is 0. The maximum Gasteiger partial charge on any atom is 0.132 e. The van der Waals surface area contributed by atoms with E-state index in [1.54, 1.807) is 13.8 Å². The molecule has 0 bridgehead atoms. The van der Waals surface area contributed by atoms with E-state index in [2.05, 4.69) is 4.90 Å². The first-order chi connectivity index (χ1) is 11.5. The van der Waals surface area contributed by atoms with Crippen LogP contribution < -0.4 is 0 Å². The molecule has 0 aliphatic heterocycles. The number of carbonyl (C=O) groups is 2. The van der Waals surface area contributed by atoms with Crippen LogP contribution in [0.1, 0.15) is 26.7 Å². The summed E-state index contributed by atoms with van der Waals surface area (Å²) >= 11 is 0. The van der Waals surface area contributed by atoms with Crippen molar-refractivity contribution in [2.75, 3.05) is 73.0 Å². The van der Waals surface area contributed by atoms with Gasteiger partial charge in [0.2, 0.25) is 0 Å². The van der Waals surface area contributed by atoms with Crippen molar-refractivity contribution < 1.29 is 28.5 Å². The second kappa shape index (κ2) is 17.0. The van der Waals surface area contributed by atoms with E-state index in [1.807, 2.05) is 7.05 Å². The highest BCUT2D eigenvalue weighted by Crippen LogP contribution is 1.90. The van der Waals surface area contributed by atoms with E-state index in [9.17, 15) is 9.59 Å². The van der Waals surface area contributed by atoms with Crippen LogP contribution in [0.5, 0.6) is 0 Å². The van der Waals surface area contributed by atoms with Gasteiger partial charge in [0.15, 0.2) is 0 Å². The molecule has 0 spiro atoms. The Bertz CT molecular complexity index is 324. The topological polar surface area (TPSA) is 74.3 Å². The first kappa shape index (κ1) is 23.1. The lowest BCUT2D eigenvalue weighted by Gasteiger charge is -2.15. The van der Waals surface area contributed by atoms with Crippen molar-refractivity contribution in [2.24, 2.45) is 0 Å². The monoisotopic (exact) mass is 347 g/mol. The average Bonchev–Trinajstić information content (AvgIpc) is 2.52. The number of rotatable bonds is 18. The lowest BCUT2D eigenvalue weighted by Crippen LogP contribution is -2.26. The number of ether oxygens (including phenoxy) is 4. The molecule has 142 valence electrons. The van der Waals surface area contributed by atoms with Gasteiger partial charge in [-0.3, -0.25) is 9.59 Å². The number of nitrogens with zero attached hydrogens (tertiary/aromatic N) is 1. The molecule has 0 aliphatic rings. The molecular formula is C17H33NO6. The molecule has 0 amide bonds. The van der Waals surface area contributed by atoms with Gasteiger partial charge in [-0.1, -0.05) is 0 Å². The predicted octanol–water partition coefficient (Wildman–Crippen LogP) is 0.943. The summed E-state index contributed by atoms with van der Waals surface area (Å²) in [5, 5.41) is 0. The molecule has 0 aromatic rings. The summed E-state index contributed by atoms with van der Waals surface area (Å²) in [5.41, 5.74) is 0. The van der Waals surface area contributed by atoms with Crippen LogP contribution in [0.15, 0.2) is 0 Å². The quantitative estimate of drug-likeness (QED) is 0.342. The highest BCUT2D eigenvalue weighted by atomic mass is 16.6. The van der Waals surface area contributed by atoms with Crippen molar-refractivity contribution >= 4 is 11.6 Å². The molecule has 0 rings (SSSR count). The molecule has 0 saturated carbocycles. The average molecular weight is 347 g/mol. The number of carbonyl (C=O) groups excluding carboxylic acids is 2. The van der Waals surface area contributed by atoms with Crippen molar-refractivity contribution in [2.45, 2.75) is 26.7 Å². The van der Waals surface area contributed by atoms with Crippen molar-refractivity contribution in [3.63, 3.8) is 0 Å². The normalized spacial score (nSPS) is 11.2. The molecule has 0 aliphatic carbocycles. The van der Waals surface area contributed by atoms with E-state index in [0.29, 0.717) is 65.7 Å². The van der Waals surface area contributed by atoms with E-state index in [0.717, 1.165) is 13.1 Å². The SMILES string of the molecule is CC(=O)CCOCCOCCOCCOCCN(C)CCC(C)=O. The van der Waals surface area contributed by atoms with E-state index >= 15 is 0 Å². The summed E-state index contributed by atoms with van der Waals surface area (Å²) in [6.45, 7) is 8.94. The maximum atomic E-state index is 10.9. The smallest absolute Gasteiger partial charge is 0.132 e. The maximum absolute atomic E-state index is 10.9. The van der Waals surface area contributed by atoms with Gasteiger partial charge < -0.3 is 23.8 Å². The third-order valence-corrected chi connectivity index (χ3v) is 3.18. The van der Waals surface area contributed by atoms with Gasteiger partial charge in [-0.15, -0.1) is 0 Å². The molecule has 0 aromatic heterocycles. The van der Waals surface area contributed by atoms with Crippen LogP contribution in [0.2, 0.25) is 0 Å². The Labute approximate surface area is 145 Å². The Kier molecular flexibility index (Phi) is 16.4. The Morgan fingerprint density at radius 2 is 1.04 bits per heavy atom. The Morgan fingerprint density at radius 1 is 0.625 bits per heavy atom. The van der Waals surface area contributed by atoms with Crippen LogP contribution in [0.25, 0.3) is 0 Å². The van der Waals surface area contributed by atoms with E-state index in [4.69, 9.17) is 18.9 Å². The minimum atomic E-state index is 0.134. The summed E-state index contributed by atoms with van der Waals surface area (Å²) in [5.74, 6) is 0.343. The van der Waals surface area contributed by atoms with Crippen LogP contribution in [0.3, 0.4) is 0 Å². The lowest BCUT2D eigenvalue weighted by molar-refractivity contribution is -0.118. The first-order valence-corrected chi connectivity index (χ1v) is 8.50. The minimum absolute atomic E-state index is 0.134. The molecule has 0 unspecified atom stereocenters. The molecule has 24 heavy (non-hydrogen) atoms. The second-order valence-corrected chi connectivity index (χ2v) is 5.66. The van der Waals surface area contributed by atoms with Crippen molar-refractivity contribution in [1.82, 2.24) is 4.90 Å². The molecule has 0 atom stereocenters. The summed E-state index contributed by atoms with van der Waals surface area (Å²) in [6.07, 6.45) is 1.04. The summed E-state index contributed by atoms with van der Waals surface area (Å²) in [7, 11) is 1.98. The third kappa shape index (κ3) is 19.2. The molecule has 0 radical (unpaired) electrons. The summed E-state index contributed by atoms with van der Waals surface area (Å²) < 4.78 is 21.4. The zero-order chi connectivity index (χ0) is 18.0. The molecule has 0 heterocycles. The van der Waals surface area contributed by atoms with Crippen LogP contribution in [0.4, 0.5) is 0 Å². The molecule has 7 nitrogen and oxygen atoms in total. The number of likely N-dealkylation sites (N-methyl/N-ethyl adjacent to an activating group) is 1. The van der Waals surface area contributed by atoms with E-state index < -0.39 is 0 Å².